The van der Waals surface area contributed by atoms with E-state index in [0.717, 1.165) is 5.70 Å². The second kappa shape index (κ2) is 6.83. The van der Waals surface area contributed by atoms with Gasteiger partial charge in [0.05, 0.1) is 0 Å². The summed E-state index contributed by atoms with van der Waals surface area (Å²) in [6.45, 7) is 13.0. The minimum atomic E-state index is 0.0394. The van der Waals surface area contributed by atoms with E-state index in [0.29, 0.717) is 5.57 Å². The Labute approximate surface area is 98.6 Å². The third-order valence-electron chi connectivity index (χ3n) is 2.23. The van der Waals surface area contributed by atoms with Gasteiger partial charge in [-0.3, -0.25) is 4.79 Å². The van der Waals surface area contributed by atoms with E-state index in [-0.39, 0.29) is 11.7 Å². The zero-order valence-corrected chi connectivity index (χ0v) is 10.7. The molecule has 16 heavy (non-hydrogen) atoms. The van der Waals surface area contributed by atoms with Gasteiger partial charge in [-0.05, 0) is 18.9 Å². The number of nitrogens with zero attached hydrogens (tertiary/aromatic N) is 1. The van der Waals surface area contributed by atoms with Crippen LogP contribution in [0.15, 0.2) is 48.9 Å². The fourth-order valence-electron chi connectivity index (χ4n) is 1.61. The Balaban J connectivity index is 5.43. The standard InChI is InChI=1S/C14H21NO/c1-7-9-10-15(6)14(11(3)4)13(8-2)12(5)16/h7-11H,1-2H2,3-6H3/b10-9-,14-13+. The van der Waals surface area contributed by atoms with Crippen LogP contribution in [0.2, 0.25) is 0 Å². The molecular formula is C14H21NO. The molecular weight excluding hydrogens is 198 g/mol. The summed E-state index contributed by atoms with van der Waals surface area (Å²) in [6, 6.07) is 0. The minimum absolute atomic E-state index is 0.0394. The monoisotopic (exact) mass is 219 g/mol. The molecule has 0 aromatic rings. The molecule has 0 radical (unpaired) electrons. The quantitative estimate of drug-likeness (QED) is 0.504. The second-order valence-electron chi connectivity index (χ2n) is 3.90. The van der Waals surface area contributed by atoms with Crippen LogP contribution in [0.3, 0.4) is 0 Å². The van der Waals surface area contributed by atoms with Crippen molar-refractivity contribution in [3.8, 4) is 0 Å². The maximum atomic E-state index is 11.5. The van der Waals surface area contributed by atoms with Gasteiger partial charge in [0.1, 0.15) is 0 Å². The number of Topliss-reactive ketones (excluding diaryl/α,β-unsaturated/α-hetero) is 1. The van der Waals surface area contributed by atoms with Crippen molar-refractivity contribution < 1.29 is 4.79 Å². The van der Waals surface area contributed by atoms with Gasteiger partial charge in [-0.25, -0.2) is 0 Å². The molecule has 0 atom stereocenters. The number of carbonyl (C=O) groups excluding carboxylic acids is 1. The predicted molar refractivity (Wildman–Crippen MR) is 69.8 cm³/mol. The van der Waals surface area contributed by atoms with Gasteiger partial charge in [0.15, 0.2) is 5.78 Å². The Morgan fingerprint density at radius 3 is 2.19 bits per heavy atom. The SMILES string of the molecule is C=C/C=C\N(C)/C(=C(\C=C)C(C)=O)C(C)C. The molecule has 0 aliphatic carbocycles. The van der Waals surface area contributed by atoms with E-state index >= 15 is 0 Å². The topological polar surface area (TPSA) is 20.3 Å². The number of hydrogen-bond donors (Lipinski definition) is 0. The maximum absolute atomic E-state index is 11.5. The van der Waals surface area contributed by atoms with Crippen molar-refractivity contribution in [2.24, 2.45) is 5.92 Å². The van der Waals surface area contributed by atoms with Crippen LogP contribution >= 0.6 is 0 Å². The molecule has 0 saturated heterocycles. The fraction of sp³-hybridized carbons (Fsp3) is 0.357. The molecule has 0 aliphatic heterocycles. The highest BCUT2D eigenvalue weighted by Crippen LogP contribution is 2.20. The summed E-state index contributed by atoms with van der Waals surface area (Å²) in [4.78, 5) is 13.4. The molecule has 0 saturated carbocycles. The number of carbonyl (C=O) groups is 1. The van der Waals surface area contributed by atoms with Crippen LogP contribution in [-0.2, 0) is 4.79 Å². The average Bonchev–Trinajstić information content (AvgIpc) is 2.21. The molecule has 0 spiro atoms. The molecule has 88 valence electrons. The Hall–Kier alpha value is -1.57. The molecule has 2 nitrogen and oxygen atoms in total. The van der Waals surface area contributed by atoms with Gasteiger partial charge in [0, 0.05) is 24.5 Å². The van der Waals surface area contributed by atoms with Gasteiger partial charge in [-0.2, -0.15) is 0 Å². The second-order valence-corrected chi connectivity index (χ2v) is 3.90. The summed E-state index contributed by atoms with van der Waals surface area (Å²) in [5.74, 6) is 0.300. The van der Waals surface area contributed by atoms with Crippen molar-refractivity contribution in [2.45, 2.75) is 20.8 Å². The van der Waals surface area contributed by atoms with Crippen molar-refractivity contribution in [1.82, 2.24) is 4.90 Å². The van der Waals surface area contributed by atoms with Crippen LogP contribution < -0.4 is 0 Å². The maximum Gasteiger partial charge on any atom is 0.161 e. The lowest BCUT2D eigenvalue weighted by Gasteiger charge is -2.24. The Kier molecular flexibility index (Phi) is 6.16. The van der Waals surface area contributed by atoms with Gasteiger partial charge in [-0.1, -0.05) is 39.2 Å². The summed E-state index contributed by atoms with van der Waals surface area (Å²) in [5.41, 5.74) is 1.65. The van der Waals surface area contributed by atoms with Gasteiger partial charge in [0.2, 0.25) is 0 Å². The van der Waals surface area contributed by atoms with E-state index in [1.54, 1.807) is 19.1 Å². The van der Waals surface area contributed by atoms with Crippen molar-refractivity contribution in [3.63, 3.8) is 0 Å². The van der Waals surface area contributed by atoms with Crippen molar-refractivity contribution in [3.05, 3.63) is 48.9 Å². The molecule has 0 bridgehead atoms. The van der Waals surface area contributed by atoms with Crippen LogP contribution in [0.1, 0.15) is 20.8 Å². The summed E-state index contributed by atoms with van der Waals surface area (Å²) in [7, 11) is 1.92. The number of allylic oxidation sites excluding steroid dienone is 5. The molecule has 0 amide bonds. The molecule has 0 heterocycles. The van der Waals surface area contributed by atoms with Gasteiger partial charge < -0.3 is 4.90 Å². The van der Waals surface area contributed by atoms with Gasteiger partial charge in [0.25, 0.3) is 0 Å². The Morgan fingerprint density at radius 2 is 1.88 bits per heavy atom. The first-order valence-corrected chi connectivity index (χ1v) is 5.35. The first-order chi connectivity index (χ1) is 7.45. The van der Waals surface area contributed by atoms with Crippen LogP contribution in [0, 0.1) is 5.92 Å². The largest absolute Gasteiger partial charge is 0.354 e. The van der Waals surface area contributed by atoms with Crippen molar-refractivity contribution in [1.29, 1.82) is 0 Å². The molecule has 0 aliphatic rings. The highest BCUT2D eigenvalue weighted by atomic mass is 16.1. The van der Waals surface area contributed by atoms with E-state index in [9.17, 15) is 4.79 Å². The van der Waals surface area contributed by atoms with Crippen molar-refractivity contribution in [2.75, 3.05) is 7.05 Å². The summed E-state index contributed by atoms with van der Waals surface area (Å²) in [5, 5.41) is 0. The summed E-state index contributed by atoms with van der Waals surface area (Å²) >= 11 is 0. The number of ketones is 1. The average molecular weight is 219 g/mol. The Morgan fingerprint density at radius 1 is 1.31 bits per heavy atom. The predicted octanol–water partition coefficient (Wildman–Crippen LogP) is 3.30. The van der Waals surface area contributed by atoms with Gasteiger partial charge >= 0.3 is 0 Å². The van der Waals surface area contributed by atoms with E-state index in [2.05, 4.69) is 27.0 Å². The molecule has 0 N–H and O–H groups in total. The van der Waals surface area contributed by atoms with Crippen LogP contribution in [-0.4, -0.2) is 17.7 Å². The lowest BCUT2D eigenvalue weighted by atomic mass is 10.0. The van der Waals surface area contributed by atoms with E-state index in [1.807, 2.05) is 24.2 Å². The number of rotatable bonds is 6. The van der Waals surface area contributed by atoms with Crippen LogP contribution in [0.25, 0.3) is 0 Å². The molecule has 0 rings (SSSR count). The van der Waals surface area contributed by atoms with Gasteiger partial charge in [-0.15, -0.1) is 0 Å². The number of hydrogen-bond acceptors (Lipinski definition) is 2. The fourth-order valence-corrected chi connectivity index (χ4v) is 1.61. The smallest absolute Gasteiger partial charge is 0.161 e. The summed E-state index contributed by atoms with van der Waals surface area (Å²) in [6.07, 6.45) is 7.05. The van der Waals surface area contributed by atoms with Crippen LogP contribution in [0.4, 0.5) is 0 Å². The zero-order valence-electron chi connectivity index (χ0n) is 10.7. The first-order valence-electron chi connectivity index (χ1n) is 5.35. The lowest BCUT2D eigenvalue weighted by Crippen LogP contribution is -2.19. The first kappa shape index (κ1) is 14.4. The zero-order chi connectivity index (χ0) is 12.7. The van der Waals surface area contributed by atoms with E-state index in [4.69, 9.17) is 0 Å². The lowest BCUT2D eigenvalue weighted by molar-refractivity contribution is -0.113. The minimum Gasteiger partial charge on any atom is -0.354 e. The normalized spacial score (nSPS) is 12.6. The van der Waals surface area contributed by atoms with E-state index < -0.39 is 0 Å². The highest BCUT2D eigenvalue weighted by molar-refractivity contribution is 5.96. The molecule has 0 aromatic carbocycles. The van der Waals surface area contributed by atoms with E-state index in [1.165, 1.54) is 0 Å². The van der Waals surface area contributed by atoms with Crippen LogP contribution in [0.5, 0.6) is 0 Å². The highest BCUT2D eigenvalue weighted by Gasteiger charge is 2.14. The molecule has 0 unspecified atom stereocenters. The third-order valence-corrected chi connectivity index (χ3v) is 2.23. The van der Waals surface area contributed by atoms with Crippen molar-refractivity contribution >= 4 is 5.78 Å². The molecule has 0 aromatic heterocycles. The molecule has 2 heteroatoms. The molecule has 0 fully saturated rings. The Bertz CT molecular complexity index is 335. The third kappa shape index (κ3) is 3.89. The summed E-state index contributed by atoms with van der Waals surface area (Å²) < 4.78 is 0.